The van der Waals surface area contributed by atoms with E-state index in [0.717, 1.165) is 0 Å². The average Bonchev–Trinajstić information content (AvgIpc) is 2.39. The third-order valence-electron chi connectivity index (χ3n) is 5.88. The van der Waals surface area contributed by atoms with Crippen molar-refractivity contribution in [3.63, 3.8) is 0 Å². The van der Waals surface area contributed by atoms with Crippen molar-refractivity contribution in [3.8, 4) is 0 Å². The summed E-state index contributed by atoms with van der Waals surface area (Å²) in [6.07, 6.45) is 0. The predicted molar refractivity (Wildman–Crippen MR) is 135 cm³/mol. The number of rotatable bonds is 10. The minimum Gasteiger partial charge on any atom is -0.187 e. The highest BCUT2D eigenvalue weighted by molar-refractivity contribution is 7.81. The van der Waals surface area contributed by atoms with Crippen LogP contribution in [0.5, 0.6) is 0 Å². The fourth-order valence-electron chi connectivity index (χ4n) is 4.91. The van der Waals surface area contributed by atoms with Crippen molar-refractivity contribution in [1.29, 1.82) is 0 Å². The van der Waals surface area contributed by atoms with E-state index in [1.54, 1.807) is 0 Å². The summed E-state index contributed by atoms with van der Waals surface area (Å²) < 4.78 is 26.5. The molecular weight excluding hydrogens is 448 g/mol. The number of hydrogen-bond donors (Lipinski definition) is 0. The van der Waals surface area contributed by atoms with Crippen LogP contribution in [-0.2, 0) is 13.0 Å². The van der Waals surface area contributed by atoms with Crippen LogP contribution in [0.25, 0.3) is 0 Å². The normalized spacial score (nSPS) is 14.1. The Morgan fingerprint density at radius 2 is 0.667 bits per heavy atom. The Morgan fingerprint density at radius 1 is 0.500 bits per heavy atom. The molecule has 0 aliphatic heterocycles. The minimum absolute atomic E-state index is 0.909. The van der Waals surface area contributed by atoms with E-state index in [-0.39, 0.29) is 0 Å². The van der Waals surface area contributed by atoms with E-state index in [1.165, 1.54) is 0 Å². The lowest BCUT2D eigenvalue weighted by molar-refractivity contribution is 0.431. The Hall–Kier alpha value is 1.76. The highest BCUT2D eigenvalue weighted by atomic mass is 31.1. The van der Waals surface area contributed by atoms with Crippen LogP contribution in [0, 0.1) is 0 Å². The van der Waals surface area contributed by atoms with E-state index in [4.69, 9.17) is 8.43 Å². The fraction of sp³-hybridized carbons (Fsp3) is 1.00. The van der Waals surface area contributed by atoms with Gasteiger partial charge < -0.3 is 0 Å². The van der Waals surface area contributed by atoms with Gasteiger partial charge in [-0.25, -0.2) is 0 Å². The zero-order valence-electron chi connectivity index (χ0n) is 18.1. The molecule has 3 nitrogen and oxygen atoms in total. The van der Waals surface area contributed by atoms with Crippen LogP contribution in [0.2, 0.25) is 78.6 Å². The monoisotopic (exact) mass is 489 g/mol. The summed E-state index contributed by atoms with van der Waals surface area (Å²) in [5, 5.41) is 0. The smallest absolute Gasteiger partial charge is 0.187 e. The highest BCUT2D eigenvalue weighted by Crippen LogP contribution is 2.38. The van der Waals surface area contributed by atoms with Crippen LogP contribution in [0.3, 0.4) is 0 Å². The van der Waals surface area contributed by atoms with Crippen LogP contribution in [0.4, 0.5) is 0 Å². The first-order valence-corrected chi connectivity index (χ1v) is 39.2. The summed E-state index contributed by atoms with van der Waals surface area (Å²) in [7, 11) is -7.32. The van der Waals surface area contributed by atoms with Gasteiger partial charge in [-0.05, 0) is 0 Å². The molecule has 0 aromatic carbocycles. The molecule has 0 bridgehead atoms. The van der Waals surface area contributed by atoms with E-state index >= 15 is 0 Å². The van der Waals surface area contributed by atoms with Gasteiger partial charge in [0.05, 0.1) is 49.9 Å². The molecule has 0 aliphatic carbocycles. The first kappa shape index (κ1) is 25.8. The summed E-state index contributed by atoms with van der Waals surface area (Å²) >= 11 is 0. The predicted octanol–water partition coefficient (Wildman–Crippen LogP) is 2.96. The molecule has 0 rings (SSSR count). The summed E-state index contributed by atoms with van der Waals surface area (Å²) in [5.41, 5.74) is 0. The molecule has 0 amide bonds. The maximum absolute atomic E-state index is 13.2. The highest BCUT2D eigenvalue weighted by Gasteiger charge is 2.58. The summed E-state index contributed by atoms with van der Waals surface area (Å²) in [4.78, 5) is 0. The Bertz CT molecular complexity index is 338. The van der Waals surface area contributed by atoms with Crippen LogP contribution in [0.15, 0.2) is 0 Å². The van der Waals surface area contributed by atoms with E-state index in [2.05, 4.69) is 78.6 Å². The molecule has 12 heteroatoms. The standard InChI is InChI=1S/C12H42O3PSi8/c1-17(2)23(18(3)4,19(5)6)14-16(13)15-24(20(7)8,21(9)10)22(11)12/h17-22H,1-12H3/q+1. The topological polar surface area (TPSA) is 35.5 Å². The zero-order valence-corrected chi connectivity index (χ0v) is 28.0. The second-order valence-corrected chi connectivity index (χ2v) is 77.2. The van der Waals surface area contributed by atoms with Crippen molar-refractivity contribution in [2.75, 3.05) is 0 Å². The van der Waals surface area contributed by atoms with Gasteiger partial charge in [0.2, 0.25) is 13.7 Å². The van der Waals surface area contributed by atoms with Gasteiger partial charge in [-0.1, -0.05) is 78.6 Å². The van der Waals surface area contributed by atoms with Gasteiger partial charge in [0, 0.05) is 4.57 Å². The van der Waals surface area contributed by atoms with Gasteiger partial charge in [0.1, 0.15) is 0 Å². The van der Waals surface area contributed by atoms with Crippen LogP contribution >= 0.6 is 8.25 Å². The third-order valence-corrected chi connectivity index (χ3v) is 131. The molecule has 0 aromatic rings. The van der Waals surface area contributed by atoms with E-state index in [0.29, 0.717) is 0 Å². The van der Waals surface area contributed by atoms with Crippen molar-refractivity contribution >= 4 is 71.9 Å². The van der Waals surface area contributed by atoms with Crippen molar-refractivity contribution in [2.45, 2.75) is 78.6 Å². The average molecular weight is 490 g/mol. The molecule has 24 heavy (non-hydrogen) atoms. The molecule has 0 unspecified atom stereocenters. The maximum Gasteiger partial charge on any atom is 0.671 e. The second-order valence-electron chi connectivity index (χ2n) is 9.04. The Morgan fingerprint density at radius 3 is 0.792 bits per heavy atom. The molecule has 0 saturated carbocycles. The van der Waals surface area contributed by atoms with Crippen LogP contribution in [-0.4, -0.2) is 63.6 Å². The largest absolute Gasteiger partial charge is 0.671 e. The van der Waals surface area contributed by atoms with Gasteiger partial charge in [0.25, 0.3) is 0 Å². The second kappa shape index (κ2) is 10.3. The minimum atomic E-state index is -1.87. The molecule has 0 fully saturated rings. The lowest BCUT2D eigenvalue weighted by Gasteiger charge is -2.37. The van der Waals surface area contributed by atoms with Crippen LogP contribution in [0.1, 0.15) is 0 Å². The molecule has 0 saturated heterocycles. The number of hydrogen-bond acceptors (Lipinski definition) is 3. The molecule has 0 atom stereocenters. The maximum atomic E-state index is 13.2. The molecule has 0 heterocycles. The molecule has 0 radical (unpaired) electrons. The van der Waals surface area contributed by atoms with Crippen LogP contribution < -0.4 is 0 Å². The third kappa shape index (κ3) is 5.39. The van der Waals surface area contributed by atoms with Gasteiger partial charge >= 0.3 is 8.25 Å². The van der Waals surface area contributed by atoms with Crippen molar-refractivity contribution in [2.24, 2.45) is 0 Å². The lowest BCUT2D eigenvalue weighted by Crippen LogP contribution is -2.70. The Labute approximate surface area is 162 Å². The van der Waals surface area contributed by atoms with Gasteiger partial charge in [-0.3, -0.25) is 0 Å². The van der Waals surface area contributed by atoms with E-state index < -0.39 is 71.9 Å². The van der Waals surface area contributed by atoms with E-state index in [1.807, 2.05) is 0 Å². The van der Waals surface area contributed by atoms with Crippen molar-refractivity contribution in [1.82, 2.24) is 0 Å². The molecular formula is C12H42O3PSi8+. The van der Waals surface area contributed by atoms with Crippen molar-refractivity contribution < 1.29 is 13.0 Å². The first-order chi connectivity index (χ1) is 10.8. The van der Waals surface area contributed by atoms with Gasteiger partial charge in [-0.2, -0.15) is 8.43 Å². The summed E-state index contributed by atoms with van der Waals surface area (Å²) in [6.45, 7) is 26.0. The lowest BCUT2D eigenvalue weighted by atomic mass is 11.9. The molecule has 0 aromatic heterocycles. The zero-order chi connectivity index (χ0) is 19.5. The van der Waals surface area contributed by atoms with Gasteiger partial charge in [-0.15, -0.1) is 0 Å². The first-order valence-electron chi connectivity index (χ1n) is 9.62. The van der Waals surface area contributed by atoms with Gasteiger partial charge in [0.15, 0.2) is 0 Å². The fourth-order valence-corrected chi connectivity index (χ4v) is 133. The SMILES string of the molecule is C[SiH](C)[Si](O[P+](=O)O[Si]([SiH](C)C)([SiH](C)C)[SiH](C)C)([SiH](C)C)[SiH](C)C. The molecule has 144 valence electrons. The summed E-state index contributed by atoms with van der Waals surface area (Å²) in [5.74, 6) is 0. The molecule has 0 spiro atoms. The quantitative estimate of drug-likeness (QED) is 0.349. The molecule has 0 N–H and O–H groups in total. The summed E-state index contributed by atoms with van der Waals surface area (Å²) in [6, 6.07) is 0. The van der Waals surface area contributed by atoms with Crippen molar-refractivity contribution in [3.05, 3.63) is 0 Å². The molecule has 0 aliphatic rings. The van der Waals surface area contributed by atoms with E-state index in [9.17, 15) is 4.57 Å². The Kier molecular flexibility index (Phi) is 11.1. The Balaban J connectivity index is 5.69.